The first kappa shape index (κ1) is 29.8. The molecule has 0 saturated carbocycles. The van der Waals surface area contributed by atoms with Crippen LogP contribution in [0.2, 0.25) is 0 Å². The predicted molar refractivity (Wildman–Crippen MR) is 144 cm³/mol. The standard InChI is InChI=1S/C31H42O7/c1-20(17-34-19-26-13-9-7-10-14-26)28(36-24(5)32)22(3)30(37-25(6)33)23(4)29-21(2)18-35-31(38-29)27-15-11-8-12-16-27/h7-16,20-23,28-31H,17-19H2,1-6H3/t20-,21-,22+,23-,28-,29+,30-,31+/m1/s1. The third kappa shape index (κ3) is 8.38. The summed E-state index contributed by atoms with van der Waals surface area (Å²) >= 11 is 0. The number of ether oxygens (including phenoxy) is 5. The van der Waals surface area contributed by atoms with E-state index in [1.54, 1.807) is 0 Å². The van der Waals surface area contributed by atoms with E-state index in [-0.39, 0.29) is 41.7 Å². The lowest BCUT2D eigenvalue weighted by molar-refractivity contribution is -0.260. The van der Waals surface area contributed by atoms with Crippen LogP contribution in [0, 0.1) is 23.7 Å². The van der Waals surface area contributed by atoms with Crippen LogP contribution in [0.4, 0.5) is 0 Å². The van der Waals surface area contributed by atoms with Gasteiger partial charge in [0.2, 0.25) is 0 Å². The summed E-state index contributed by atoms with van der Waals surface area (Å²) < 4.78 is 30.1. The Morgan fingerprint density at radius 2 is 1.47 bits per heavy atom. The summed E-state index contributed by atoms with van der Waals surface area (Å²) in [6.07, 6.45) is -1.79. The molecule has 7 heteroatoms. The minimum absolute atomic E-state index is 0.0778. The number of carbonyl (C=O) groups excluding carboxylic acids is 2. The molecule has 0 amide bonds. The fourth-order valence-electron chi connectivity index (χ4n) is 5.30. The number of hydrogen-bond donors (Lipinski definition) is 0. The monoisotopic (exact) mass is 526 g/mol. The van der Waals surface area contributed by atoms with Crippen molar-refractivity contribution >= 4 is 11.9 Å². The van der Waals surface area contributed by atoms with Gasteiger partial charge in [0.05, 0.1) is 25.9 Å². The van der Waals surface area contributed by atoms with Gasteiger partial charge in [-0.3, -0.25) is 9.59 Å². The topological polar surface area (TPSA) is 80.3 Å². The first-order valence-electron chi connectivity index (χ1n) is 13.5. The van der Waals surface area contributed by atoms with E-state index in [0.717, 1.165) is 11.1 Å². The second-order valence-electron chi connectivity index (χ2n) is 10.5. The molecule has 0 aromatic heterocycles. The van der Waals surface area contributed by atoms with E-state index in [1.165, 1.54) is 13.8 Å². The SMILES string of the molecule is CC(=O)O[C@H]([C@@H](C)[C@H](OC(C)=O)[C@H](C)COCc1ccccc1)[C@H](C)[C@H]1O[C@@H](c2ccccc2)OC[C@H]1C. The predicted octanol–water partition coefficient (Wildman–Crippen LogP) is 5.73. The lowest BCUT2D eigenvalue weighted by Gasteiger charge is -2.43. The number of carbonyl (C=O) groups is 2. The van der Waals surface area contributed by atoms with Crippen LogP contribution in [0.5, 0.6) is 0 Å². The summed E-state index contributed by atoms with van der Waals surface area (Å²) in [5.74, 6) is -1.31. The minimum Gasteiger partial charge on any atom is -0.462 e. The maximum absolute atomic E-state index is 12.2. The minimum atomic E-state index is -0.546. The Bertz CT molecular complexity index is 996. The Balaban J connectivity index is 1.76. The van der Waals surface area contributed by atoms with Crippen LogP contribution in [0.25, 0.3) is 0 Å². The molecule has 0 aliphatic carbocycles. The zero-order chi connectivity index (χ0) is 27.7. The maximum Gasteiger partial charge on any atom is 0.302 e. The van der Waals surface area contributed by atoms with Crippen LogP contribution in [-0.2, 0) is 39.9 Å². The first-order chi connectivity index (χ1) is 18.2. The highest BCUT2D eigenvalue weighted by Crippen LogP contribution is 2.37. The Hall–Kier alpha value is -2.74. The van der Waals surface area contributed by atoms with Gasteiger partial charge in [-0.05, 0) is 5.56 Å². The average Bonchev–Trinajstić information content (AvgIpc) is 2.90. The van der Waals surface area contributed by atoms with E-state index in [9.17, 15) is 9.59 Å². The molecule has 0 bridgehead atoms. The van der Waals surface area contributed by atoms with Crippen molar-refractivity contribution in [2.24, 2.45) is 23.7 Å². The summed E-state index contributed by atoms with van der Waals surface area (Å²) in [4.78, 5) is 24.4. The van der Waals surface area contributed by atoms with Crippen molar-refractivity contribution in [1.82, 2.24) is 0 Å². The molecule has 1 aliphatic rings. The molecule has 3 rings (SSSR count). The molecule has 1 fully saturated rings. The fourth-order valence-corrected chi connectivity index (χ4v) is 5.30. The summed E-state index contributed by atoms with van der Waals surface area (Å²) in [6, 6.07) is 19.7. The lowest BCUT2D eigenvalue weighted by atomic mass is 9.79. The highest BCUT2D eigenvalue weighted by atomic mass is 16.7. The van der Waals surface area contributed by atoms with Gasteiger partial charge in [0.25, 0.3) is 0 Å². The van der Waals surface area contributed by atoms with E-state index in [1.807, 2.05) is 81.4 Å². The number of rotatable bonds is 12. The number of benzene rings is 2. The smallest absolute Gasteiger partial charge is 0.302 e. The quantitative estimate of drug-likeness (QED) is 0.327. The second-order valence-corrected chi connectivity index (χ2v) is 10.5. The van der Waals surface area contributed by atoms with Gasteiger partial charge in [-0.25, -0.2) is 0 Å². The Labute approximate surface area is 226 Å². The fraction of sp³-hybridized carbons (Fsp3) is 0.548. The third-order valence-corrected chi connectivity index (χ3v) is 7.15. The van der Waals surface area contributed by atoms with Crippen molar-refractivity contribution in [3.63, 3.8) is 0 Å². The van der Waals surface area contributed by atoms with Gasteiger partial charge in [0, 0.05) is 43.1 Å². The molecule has 0 N–H and O–H groups in total. The second kappa shape index (κ2) is 14.4. The van der Waals surface area contributed by atoms with Crippen LogP contribution < -0.4 is 0 Å². The molecule has 0 radical (unpaired) electrons. The summed E-state index contributed by atoms with van der Waals surface area (Å²) in [7, 11) is 0. The molecule has 1 saturated heterocycles. The molecule has 1 heterocycles. The molecular formula is C31H42O7. The molecule has 8 atom stereocenters. The Kier molecular flexibility index (Phi) is 11.3. The molecule has 2 aromatic rings. The van der Waals surface area contributed by atoms with Gasteiger partial charge in [0.1, 0.15) is 12.2 Å². The molecule has 1 aliphatic heterocycles. The maximum atomic E-state index is 12.2. The van der Waals surface area contributed by atoms with Crippen LogP contribution in [0.1, 0.15) is 59.0 Å². The lowest BCUT2D eigenvalue weighted by Crippen LogP contribution is -2.49. The summed E-state index contributed by atoms with van der Waals surface area (Å²) in [6.45, 7) is 12.2. The Morgan fingerprint density at radius 3 is 2.08 bits per heavy atom. The number of hydrogen-bond acceptors (Lipinski definition) is 7. The Morgan fingerprint density at radius 1 is 0.895 bits per heavy atom. The van der Waals surface area contributed by atoms with E-state index < -0.39 is 18.5 Å². The van der Waals surface area contributed by atoms with Gasteiger partial charge in [-0.1, -0.05) is 88.4 Å². The van der Waals surface area contributed by atoms with Crippen molar-refractivity contribution in [1.29, 1.82) is 0 Å². The third-order valence-electron chi connectivity index (χ3n) is 7.15. The zero-order valence-electron chi connectivity index (χ0n) is 23.4. The van der Waals surface area contributed by atoms with E-state index in [2.05, 4.69) is 6.92 Å². The molecule has 208 valence electrons. The molecule has 0 unspecified atom stereocenters. The molecule has 2 aromatic carbocycles. The van der Waals surface area contributed by atoms with Crippen molar-refractivity contribution in [2.45, 2.75) is 72.8 Å². The summed E-state index contributed by atoms with van der Waals surface area (Å²) in [5, 5.41) is 0. The van der Waals surface area contributed by atoms with E-state index >= 15 is 0 Å². The molecular weight excluding hydrogens is 484 g/mol. The highest BCUT2D eigenvalue weighted by molar-refractivity contribution is 5.66. The van der Waals surface area contributed by atoms with Crippen LogP contribution in [-0.4, -0.2) is 43.5 Å². The van der Waals surface area contributed by atoms with Crippen molar-refractivity contribution < 1.29 is 33.3 Å². The highest BCUT2D eigenvalue weighted by Gasteiger charge is 2.43. The zero-order valence-corrected chi connectivity index (χ0v) is 23.4. The van der Waals surface area contributed by atoms with Crippen molar-refractivity contribution in [3.05, 3.63) is 71.8 Å². The largest absolute Gasteiger partial charge is 0.462 e. The van der Waals surface area contributed by atoms with E-state index in [0.29, 0.717) is 19.8 Å². The number of esters is 2. The van der Waals surface area contributed by atoms with E-state index in [4.69, 9.17) is 23.7 Å². The normalized spacial score (nSPS) is 23.5. The van der Waals surface area contributed by atoms with Crippen LogP contribution in [0.3, 0.4) is 0 Å². The summed E-state index contributed by atoms with van der Waals surface area (Å²) in [5.41, 5.74) is 2.01. The van der Waals surface area contributed by atoms with Crippen molar-refractivity contribution in [2.75, 3.05) is 13.2 Å². The van der Waals surface area contributed by atoms with Crippen molar-refractivity contribution in [3.8, 4) is 0 Å². The molecule has 38 heavy (non-hydrogen) atoms. The van der Waals surface area contributed by atoms with Gasteiger partial charge in [-0.15, -0.1) is 0 Å². The van der Waals surface area contributed by atoms with Crippen LogP contribution >= 0.6 is 0 Å². The van der Waals surface area contributed by atoms with Crippen LogP contribution in [0.15, 0.2) is 60.7 Å². The van der Waals surface area contributed by atoms with Gasteiger partial charge in [0.15, 0.2) is 6.29 Å². The van der Waals surface area contributed by atoms with Gasteiger partial charge >= 0.3 is 11.9 Å². The average molecular weight is 527 g/mol. The van der Waals surface area contributed by atoms with Gasteiger partial charge in [-0.2, -0.15) is 0 Å². The molecule has 0 spiro atoms. The molecule has 7 nitrogen and oxygen atoms in total. The first-order valence-corrected chi connectivity index (χ1v) is 13.5. The van der Waals surface area contributed by atoms with Gasteiger partial charge < -0.3 is 23.7 Å².